The van der Waals surface area contributed by atoms with Crippen LogP contribution in [-0.4, -0.2) is 69.5 Å². The van der Waals surface area contributed by atoms with Crippen LogP contribution in [0.1, 0.15) is 64.5 Å². The van der Waals surface area contributed by atoms with E-state index in [4.69, 9.17) is 4.74 Å². The lowest BCUT2D eigenvalue weighted by molar-refractivity contribution is -0.141. The Bertz CT molecular complexity index is 908. The van der Waals surface area contributed by atoms with E-state index in [1.165, 1.54) is 4.90 Å². The normalized spacial score (nSPS) is 17.4. The predicted octanol–water partition coefficient (Wildman–Crippen LogP) is 3.71. The molecule has 1 N–H and O–H groups in total. The number of nitrogens with one attached hydrogen (secondary N) is 1. The number of piperazine rings is 1. The zero-order chi connectivity index (χ0) is 26.1. The van der Waals surface area contributed by atoms with Crippen LogP contribution in [0.15, 0.2) is 18.3 Å². The number of hydrogen-bond donors (Lipinski definition) is 1. The summed E-state index contributed by atoms with van der Waals surface area (Å²) in [5, 5.41) is 2.64. The highest BCUT2D eigenvalue weighted by molar-refractivity contribution is 5.95. The number of carbonyl (C=O) groups is 3. The Morgan fingerprint density at radius 1 is 1.12 bits per heavy atom. The topological polar surface area (TPSA) is 91.8 Å². The molecule has 1 saturated heterocycles. The number of aromatic nitrogens is 1. The number of carbonyl (C=O) groups excluding carboxylic acids is 3. The van der Waals surface area contributed by atoms with Gasteiger partial charge in [-0.2, -0.15) is 13.2 Å². The third-order valence-electron chi connectivity index (χ3n) is 5.36. The second-order valence-electron chi connectivity index (χ2n) is 10.3. The molecule has 0 spiro atoms. The second kappa shape index (κ2) is 9.79. The van der Waals surface area contributed by atoms with Crippen molar-refractivity contribution in [1.82, 2.24) is 20.1 Å². The minimum absolute atomic E-state index is 0.0347. The van der Waals surface area contributed by atoms with Gasteiger partial charge >= 0.3 is 12.3 Å². The third kappa shape index (κ3) is 6.83. The predicted molar refractivity (Wildman–Crippen MR) is 119 cm³/mol. The van der Waals surface area contributed by atoms with Crippen molar-refractivity contribution < 1.29 is 32.3 Å². The number of ether oxygens (including phenoxy) is 1. The molecule has 11 heteroatoms. The third-order valence-corrected chi connectivity index (χ3v) is 5.36. The van der Waals surface area contributed by atoms with Gasteiger partial charge in [0.05, 0.1) is 11.1 Å². The fourth-order valence-electron chi connectivity index (χ4n) is 3.71. The van der Waals surface area contributed by atoms with Crippen LogP contribution >= 0.6 is 0 Å². The Kier molecular flexibility index (Phi) is 7.89. The number of rotatable bonds is 4. The molecule has 0 saturated carbocycles. The van der Waals surface area contributed by atoms with E-state index in [9.17, 15) is 27.6 Å². The smallest absolute Gasteiger partial charge is 0.433 e. The fraction of sp³-hybridized carbons (Fsp3) is 0.652. The minimum atomic E-state index is -4.59. The first-order valence-corrected chi connectivity index (χ1v) is 11.1. The van der Waals surface area contributed by atoms with Gasteiger partial charge < -0.3 is 19.9 Å². The zero-order valence-electron chi connectivity index (χ0n) is 20.6. The number of pyridine rings is 1. The number of hydrogen-bond acceptors (Lipinski definition) is 5. The number of amides is 3. The van der Waals surface area contributed by atoms with Gasteiger partial charge in [0.1, 0.15) is 17.3 Å². The molecule has 3 amide bonds. The molecule has 2 rings (SSSR count). The van der Waals surface area contributed by atoms with Gasteiger partial charge in [-0.1, -0.05) is 13.8 Å². The van der Waals surface area contributed by atoms with Crippen LogP contribution in [0.5, 0.6) is 0 Å². The maximum atomic E-state index is 13.2. The lowest BCUT2D eigenvalue weighted by atomic mass is 9.95. The Morgan fingerprint density at radius 3 is 2.18 bits per heavy atom. The summed E-state index contributed by atoms with van der Waals surface area (Å²) in [6, 6.07) is 1.06. The van der Waals surface area contributed by atoms with E-state index in [1.54, 1.807) is 39.5 Å². The summed E-state index contributed by atoms with van der Waals surface area (Å²) < 4.78 is 43.6. The van der Waals surface area contributed by atoms with Crippen LogP contribution in [0.2, 0.25) is 0 Å². The van der Waals surface area contributed by atoms with Gasteiger partial charge in [-0.05, 0) is 52.7 Å². The van der Waals surface area contributed by atoms with Crippen molar-refractivity contribution in [3.05, 3.63) is 29.6 Å². The molecular formula is C23H33F3N4O4. The van der Waals surface area contributed by atoms with E-state index < -0.39 is 41.1 Å². The molecule has 190 valence electrons. The van der Waals surface area contributed by atoms with Crippen LogP contribution in [0.25, 0.3) is 0 Å². The molecular weight excluding hydrogens is 453 g/mol. The van der Waals surface area contributed by atoms with E-state index in [0.29, 0.717) is 0 Å². The highest BCUT2D eigenvalue weighted by Crippen LogP contribution is 2.28. The summed E-state index contributed by atoms with van der Waals surface area (Å²) in [4.78, 5) is 44.9. The number of alkyl halides is 3. The molecule has 0 radical (unpaired) electrons. The van der Waals surface area contributed by atoms with Crippen LogP contribution < -0.4 is 5.32 Å². The Labute approximate surface area is 197 Å². The van der Waals surface area contributed by atoms with Crippen molar-refractivity contribution in [2.45, 2.75) is 71.8 Å². The van der Waals surface area contributed by atoms with Gasteiger partial charge in [-0.25, -0.2) is 4.79 Å². The lowest BCUT2D eigenvalue weighted by Gasteiger charge is -2.48. The Morgan fingerprint density at radius 2 is 1.74 bits per heavy atom. The van der Waals surface area contributed by atoms with Gasteiger partial charge in [0.25, 0.3) is 5.91 Å². The average molecular weight is 487 g/mol. The molecule has 8 nitrogen and oxygen atoms in total. The summed E-state index contributed by atoms with van der Waals surface area (Å²) in [6.07, 6.45) is -4.37. The minimum Gasteiger partial charge on any atom is -0.444 e. The summed E-state index contributed by atoms with van der Waals surface area (Å²) in [5.41, 5.74) is -2.56. The van der Waals surface area contributed by atoms with E-state index in [1.807, 2.05) is 13.8 Å². The number of nitrogens with zero attached hydrogens (tertiary/aromatic N) is 3. The van der Waals surface area contributed by atoms with E-state index in [0.717, 1.165) is 18.3 Å². The van der Waals surface area contributed by atoms with Crippen molar-refractivity contribution in [2.24, 2.45) is 5.92 Å². The fourth-order valence-corrected chi connectivity index (χ4v) is 3.71. The molecule has 0 bridgehead atoms. The van der Waals surface area contributed by atoms with E-state index >= 15 is 0 Å². The molecule has 1 atom stereocenters. The maximum absolute atomic E-state index is 13.2. The van der Waals surface area contributed by atoms with Gasteiger partial charge in [0, 0.05) is 25.8 Å². The van der Waals surface area contributed by atoms with Crippen molar-refractivity contribution in [3.63, 3.8) is 0 Å². The van der Waals surface area contributed by atoms with Gasteiger partial charge in [-0.3, -0.25) is 14.6 Å². The maximum Gasteiger partial charge on any atom is 0.433 e. The Balaban J connectivity index is 2.12. The van der Waals surface area contributed by atoms with E-state index in [2.05, 4.69) is 10.3 Å². The molecule has 0 aromatic carbocycles. The van der Waals surface area contributed by atoms with Crippen LogP contribution in [0.4, 0.5) is 18.0 Å². The molecule has 1 fully saturated rings. The van der Waals surface area contributed by atoms with Gasteiger partial charge in [0.2, 0.25) is 5.91 Å². The highest BCUT2D eigenvalue weighted by Gasteiger charge is 2.41. The quantitative estimate of drug-likeness (QED) is 0.701. The SMILES string of the molecule is CC(C)[C@H](NC(=O)OC(C)(C)C)C(=O)N1CCN(C(=O)c2ccc(C(F)(F)F)nc2)C(C)(C)C1. The molecule has 2 heterocycles. The molecule has 1 aromatic heterocycles. The van der Waals surface area contributed by atoms with E-state index in [-0.39, 0.29) is 37.0 Å². The van der Waals surface area contributed by atoms with Crippen molar-refractivity contribution >= 4 is 17.9 Å². The lowest BCUT2D eigenvalue weighted by Crippen LogP contribution is -2.64. The highest BCUT2D eigenvalue weighted by atomic mass is 19.4. The van der Waals surface area contributed by atoms with Gasteiger partial charge in [-0.15, -0.1) is 0 Å². The first kappa shape index (κ1) is 27.4. The summed E-state index contributed by atoms with van der Waals surface area (Å²) >= 11 is 0. The molecule has 34 heavy (non-hydrogen) atoms. The zero-order valence-corrected chi connectivity index (χ0v) is 20.6. The molecule has 1 aromatic rings. The summed E-state index contributed by atoms with van der Waals surface area (Å²) in [5.74, 6) is -0.969. The second-order valence-corrected chi connectivity index (χ2v) is 10.3. The average Bonchev–Trinajstić information content (AvgIpc) is 2.68. The van der Waals surface area contributed by atoms with Crippen molar-refractivity contribution in [2.75, 3.05) is 19.6 Å². The molecule has 1 aliphatic heterocycles. The van der Waals surface area contributed by atoms with Crippen LogP contribution in [-0.2, 0) is 15.7 Å². The largest absolute Gasteiger partial charge is 0.444 e. The van der Waals surface area contributed by atoms with Crippen LogP contribution in [0, 0.1) is 5.92 Å². The summed E-state index contributed by atoms with van der Waals surface area (Å²) in [6.45, 7) is 12.9. The van der Waals surface area contributed by atoms with Crippen LogP contribution in [0.3, 0.4) is 0 Å². The number of halogens is 3. The van der Waals surface area contributed by atoms with Crippen molar-refractivity contribution in [3.8, 4) is 0 Å². The monoisotopic (exact) mass is 486 g/mol. The molecule has 0 aliphatic carbocycles. The van der Waals surface area contributed by atoms with Gasteiger partial charge in [0.15, 0.2) is 0 Å². The number of alkyl carbamates (subject to hydrolysis) is 1. The summed E-state index contributed by atoms with van der Waals surface area (Å²) in [7, 11) is 0. The first-order chi connectivity index (χ1) is 15.4. The molecule has 1 aliphatic rings. The molecule has 0 unspecified atom stereocenters. The van der Waals surface area contributed by atoms with Crippen molar-refractivity contribution in [1.29, 1.82) is 0 Å². The first-order valence-electron chi connectivity index (χ1n) is 11.1. The Hall–Kier alpha value is -2.85. The standard InChI is InChI=1S/C23H33F3N4O4/c1-14(2)17(28-20(33)34-21(3,4)5)19(32)29-10-11-30(22(6,7)13-29)18(31)15-8-9-16(27-12-15)23(24,25)26/h8-9,12,14,17H,10-11,13H2,1-7H3,(H,28,33)/t17-/m0/s1.